The fraction of sp³-hybridized carbons (Fsp3) is 0.444. The number of carbonyl (C=O) groups excluding carboxylic acids is 2. The second-order valence-corrected chi connectivity index (χ2v) is 7.60. The molecule has 4 rings (SSSR count). The molecule has 1 aromatic carbocycles. The van der Waals surface area contributed by atoms with Crippen molar-refractivity contribution in [2.45, 2.75) is 12.2 Å². The summed E-state index contributed by atoms with van der Waals surface area (Å²) in [7, 11) is 1.54. The van der Waals surface area contributed by atoms with Gasteiger partial charge in [0.2, 0.25) is 0 Å². The maximum Gasteiger partial charge on any atom is 0.325 e. The van der Waals surface area contributed by atoms with Gasteiger partial charge in [0.1, 0.15) is 6.54 Å². The number of nitrogens with zero attached hydrogens (tertiary/aromatic N) is 5. The normalized spacial score (nSPS) is 24.4. The monoisotopic (exact) mass is 420 g/mol. The summed E-state index contributed by atoms with van der Waals surface area (Å²) in [6.07, 6.45) is -0.739. The molecule has 3 amide bonds. The Morgan fingerprint density at radius 2 is 1.93 bits per heavy atom. The van der Waals surface area contributed by atoms with Gasteiger partial charge in [-0.1, -0.05) is 17.7 Å². The summed E-state index contributed by atoms with van der Waals surface area (Å²) in [6.45, 7) is 2.21. The van der Waals surface area contributed by atoms with Gasteiger partial charge in [-0.2, -0.15) is 0 Å². The summed E-state index contributed by atoms with van der Waals surface area (Å²) < 4.78 is 0. The molecule has 10 nitrogen and oxygen atoms in total. The SMILES string of the molecule is CN1C(=O)NC(=O)C2C1N=C(N1CCN(c3cccc(Cl)c3)CC1)N2CC(=O)O. The number of halogens is 1. The van der Waals surface area contributed by atoms with Crippen LogP contribution in [0.4, 0.5) is 10.5 Å². The van der Waals surface area contributed by atoms with Gasteiger partial charge in [0.05, 0.1) is 0 Å². The number of urea groups is 1. The number of hydrogen-bond acceptors (Lipinski definition) is 7. The van der Waals surface area contributed by atoms with Crippen LogP contribution in [-0.2, 0) is 9.59 Å². The van der Waals surface area contributed by atoms with Gasteiger partial charge >= 0.3 is 12.0 Å². The third-order valence-electron chi connectivity index (χ3n) is 5.38. The van der Waals surface area contributed by atoms with Crippen molar-refractivity contribution >= 4 is 41.2 Å². The van der Waals surface area contributed by atoms with Gasteiger partial charge in [-0.05, 0) is 18.2 Å². The van der Waals surface area contributed by atoms with E-state index in [1.807, 2.05) is 29.2 Å². The van der Waals surface area contributed by atoms with Crippen molar-refractivity contribution in [2.75, 3.05) is 44.7 Å². The van der Waals surface area contributed by atoms with E-state index >= 15 is 0 Å². The number of nitrogens with one attached hydrogen (secondary N) is 1. The van der Waals surface area contributed by atoms with Crippen LogP contribution in [0.1, 0.15) is 0 Å². The molecule has 0 saturated carbocycles. The lowest BCUT2D eigenvalue weighted by atomic mass is 10.1. The van der Waals surface area contributed by atoms with Crippen LogP contribution in [0, 0.1) is 0 Å². The predicted molar refractivity (Wildman–Crippen MR) is 106 cm³/mol. The minimum absolute atomic E-state index is 0.371. The first-order valence-electron chi connectivity index (χ1n) is 9.24. The standard InChI is InChI=1S/C18H21ClN6O4/c1-22-15-14(16(28)21-18(22)29)25(10-13(26)27)17(20-15)24-7-5-23(6-8-24)12-4-2-3-11(19)9-12/h2-4,9,14-15H,5-8,10H2,1H3,(H,26,27)(H,21,28,29). The number of carbonyl (C=O) groups is 3. The molecule has 154 valence electrons. The fourth-order valence-electron chi connectivity index (χ4n) is 3.93. The number of aliphatic carboxylic acids is 1. The summed E-state index contributed by atoms with van der Waals surface area (Å²) in [6, 6.07) is 6.22. The number of imide groups is 1. The summed E-state index contributed by atoms with van der Waals surface area (Å²) in [5, 5.41) is 12.3. The quantitative estimate of drug-likeness (QED) is 0.713. The van der Waals surface area contributed by atoms with Crippen molar-refractivity contribution in [3.8, 4) is 0 Å². The Hall–Kier alpha value is -3.01. The van der Waals surface area contributed by atoms with E-state index in [0.717, 1.165) is 5.69 Å². The van der Waals surface area contributed by atoms with Crippen LogP contribution in [-0.4, -0.2) is 95.7 Å². The van der Waals surface area contributed by atoms with Gasteiger partial charge in [-0.25, -0.2) is 9.79 Å². The van der Waals surface area contributed by atoms with Crippen molar-refractivity contribution in [3.05, 3.63) is 29.3 Å². The van der Waals surface area contributed by atoms with Crippen molar-refractivity contribution in [3.63, 3.8) is 0 Å². The Morgan fingerprint density at radius 1 is 1.24 bits per heavy atom. The lowest BCUT2D eigenvalue weighted by molar-refractivity contribution is -0.138. The van der Waals surface area contributed by atoms with Crippen LogP contribution in [0.5, 0.6) is 0 Å². The zero-order chi connectivity index (χ0) is 20.7. The van der Waals surface area contributed by atoms with Crippen molar-refractivity contribution < 1.29 is 19.5 Å². The van der Waals surface area contributed by atoms with Crippen molar-refractivity contribution in [1.29, 1.82) is 0 Å². The second kappa shape index (κ2) is 7.43. The first-order valence-corrected chi connectivity index (χ1v) is 9.62. The highest BCUT2D eigenvalue weighted by atomic mass is 35.5. The molecule has 0 radical (unpaired) electrons. The number of guanidine groups is 1. The minimum Gasteiger partial charge on any atom is -0.480 e. The first-order chi connectivity index (χ1) is 13.8. The molecule has 2 N–H and O–H groups in total. The molecule has 0 bridgehead atoms. The van der Waals surface area contributed by atoms with Gasteiger partial charge in [0.15, 0.2) is 18.2 Å². The zero-order valence-corrected chi connectivity index (χ0v) is 16.5. The molecule has 0 aromatic heterocycles. The Labute approximate surface area is 172 Å². The highest BCUT2D eigenvalue weighted by Crippen LogP contribution is 2.27. The van der Waals surface area contributed by atoms with E-state index in [1.54, 1.807) is 7.05 Å². The van der Waals surface area contributed by atoms with E-state index in [2.05, 4.69) is 15.2 Å². The van der Waals surface area contributed by atoms with Crippen LogP contribution < -0.4 is 10.2 Å². The van der Waals surface area contributed by atoms with Crippen LogP contribution in [0.25, 0.3) is 0 Å². The fourth-order valence-corrected chi connectivity index (χ4v) is 4.11. The third-order valence-corrected chi connectivity index (χ3v) is 5.62. The maximum atomic E-state index is 12.4. The number of amides is 3. The molecular formula is C18H21ClN6O4. The highest BCUT2D eigenvalue weighted by molar-refractivity contribution is 6.30. The third kappa shape index (κ3) is 3.55. The van der Waals surface area contributed by atoms with Crippen molar-refractivity contribution in [2.24, 2.45) is 4.99 Å². The molecule has 0 aliphatic carbocycles. The molecule has 11 heteroatoms. The van der Waals surface area contributed by atoms with Gasteiger partial charge in [0.25, 0.3) is 5.91 Å². The van der Waals surface area contributed by atoms with E-state index in [-0.39, 0.29) is 6.54 Å². The number of likely N-dealkylation sites (N-methyl/N-ethyl adjacent to an activating group) is 1. The van der Waals surface area contributed by atoms with Gasteiger partial charge in [-0.3, -0.25) is 14.9 Å². The average molecular weight is 421 g/mol. The van der Waals surface area contributed by atoms with Gasteiger partial charge in [0, 0.05) is 43.9 Å². The number of piperazine rings is 1. The van der Waals surface area contributed by atoms with E-state index in [0.29, 0.717) is 37.2 Å². The lowest BCUT2D eigenvalue weighted by Crippen LogP contribution is -2.65. The number of fused-ring (bicyclic) bond motifs is 1. The summed E-state index contributed by atoms with van der Waals surface area (Å²) >= 11 is 6.08. The van der Waals surface area contributed by atoms with Crippen LogP contribution in [0.15, 0.2) is 29.3 Å². The lowest BCUT2D eigenvalue weighted by Gasteiger charge is -2.40. The molecule has 3 aliphatic rings. The predicted octanol–water partition coefficient (Wildman–Crippen LogP) is 0.0945. The molecule has 3 heterocycles. The Morgan fingerprint density at radius 3 is 2.59 bits per heavy atom. The maximum absolute atomic E-state index is 12.4. The highest BCUT2D eigenvalue weighted by Gasteiger charge is 2.50. The molecule has 1 aromatic rings. The smallest absolute Gasteiger partial charge is 0.325 e. The number of carboxylic acids is 1. The summed E-state index contributed by atoms with van der Waals surface area (Å²) in [5.41, 5.74) is 1.02. The summed E-state index contributed by atoms with van der Waals surface area (Å²) in [4.78, 5) is 47.3. The number of hydrogen-bond donors (Lipinski definition) is 2. The van der Waals surface area contributed by atoms with Crippen LogP contribution >= 0.6 is 11.6 Å². The number of anilines is 1. The molecule has 0 spiro atoms. The molecule has 29 heavy (non-hydrogen) atoms. The number of carboxylic acid groups (broad SMARTS) is 1. The Balaban J connectivity index is 1.54. The number of aliphatic imine (C=N–C) groups is 1. The van der Waals surface area contributed by atoms with E-state index in [4.69, 9.17) is 11.6 Å². The largest absolute Gasteiger partial charge is 0.480 e. The van der Waals surface area contributed by atoms with Crippen LogP contribution in [0.2, 0.25) is 5.02 Å². The molecule has 2 fully saturated rings. The van der Waals surface area contributed by atoms with E-state index in [9.17, 15) is 19.5 Å². The Bertz CT molecular complexity index is 885. The topological polar surface area (TPSA) is 109 Å². The molecular weight excluding hydrogens is 400 g/mol. The van der Waals surface area contributed by atoms with E-state index in [1.165, 1.54) is 9.80 Å². The Kier molecular flexibility index (Phi) is 4.95. The van der Waals surface area contributed by atoms with Crippen LogP contribution in [0.3, 0.4) is 0 Å². The van der Waals surface area contributed by atoms with Crippen molar-refractivity contribution in [1.82, 2.24) is 20.0 Å². The average Bonchev–Trinajstić information content (AvgIpc) is 3.05. The number of benzene rings is 1. The number of rotatable bonds is 3. The second-order valence-electron chi connectivity index (χ2n) is 7.17. The zero-order valence-electron chi connectivity index (χ0n) is 15.8. The van der Waals surface area contributed by atoms with Gasteiger partial charge in [-0.15, -0.1) is 0 Å². The minimum atomic E-state index is -1.07. The molecule has 3 aliphatic heterocycles. The molecule has 2 unspecified atom stereocenters. The molecule has 2 atom stereocenters. The first kappa shape index (κ1) is 19.3. The molecule has 2 saturated heterocycles. The summed E-state index contributed by atoms with van der Waals surface area (Å²) in [5.74, 6) is -1.16. The van der Waals surface area contributed by atoms with Gasteiger partial charge < -0.3 is 24.7 Å². The van der Waals surface area contributed by atoms with E-state index < -0.39 is 30.1 Å².